The molecule has 92 valence electrons. The molecule has 0 aromatic heterocycles. The van der Waals surface area contributed by atoms with E-state index in [1.54, 1.807) is 0 Å². The van der Waals surface area contributed by atoms with E-state index in [2.05, 4.69) is 46.6 Å². The van der Waals surface area contributed by atoms with Crippen molar-refractivity contribution >= 4 is 23.4 Å². The highest BCUT2D eigenvalue weighted by atomic mass is 35.5. The van der Waals surface area contributed by atoms with Crippen molar-refractivity contribution in [1.29, 1.82) is 0 Å². The predicted molar refractivity (Wildman–Crippen MR) is 75.9 cm³/mol. The van der Waals surface area contributed by atoms with Crippen LogP contribution in [0.3, 0.4) is 0 Å². The highest BCUT2D eigenvalue weighted by molar-refractivity contribution is 6.17. The fourth-order valence-corrected chi connectivity index (χ4v) is 2.13. The van der Waals surface area contributed by atoms with E-state index in [-0.39, 0.29) is 0 Å². The minimum absolute atomic E-state index is 0.690. The highest BCUT2D eigenvalue weighted by Crippen LogP contribution is 2.16. The van der Waals surface area contributed by atoms with Crippen molar-refractivity contribution in [1.82, 2.24) is 5.32 Å². The van der Waals surface area contributed by atoms with Crippen molar-refractivity contribution < 1.29 is 0 Å². The molecular weight excluding hydrogens is 232 g/mol. The van der Waals surface area contributed by atoms with Crippen LogP contribution >= 0.6 is 11.6 Å². The van der Waals surface area contributed by atoms with Gasteiger partial charge >= 0.3 is 0 Å². The summed E-state index contributed by atoms with van der Waals surface area (Å²) in [5, 5.41) is 3.36. The molecule has 0 bridgehead atoms. The molecule has 1 aliphatic heterocycles. The molecule has 1 aromatic carbocycles. The first-order valence-corrected chi connectivity index (χ1v) is 6.72. The Morgan fingerprint density at radius 3 is 2.53 bits per heavy atom. The molecule has 1 fully saturated rings. The molecule has 2 nitrogen and oxygen atoms in total. The number of benzene rings is 1. The van der Waals surface area contributed by atoms with Gasteiger partial charge in [-0.1, -0.05) is 24.3 Å². The Morgan fingerprint density at radius 2 is 1.88 bits per heavy atom. The Hall–Kier alpha value is -0.990. The van der Waals surface area contributed by atoms with Gasteiger partial charge in [-0.3, -0.25) is 0 Å². The van der Waals surface area contributed by atoms with Gasteiger partial charge in [0.2, 0.25) is 0 Å². The fraction of sp³-hybridized carbons (Fsp3) is 0.429. The zero-order valence-corrected chi connectivity index (χ0v) is 10.8. The summed E-state index contributed by atoms with van der Waals surface area (Å²) >= 11 is 5.63. The van der Waals surface area contributed by atoms with Crippen LogP contribution in [0.15, 0.2) is 30.3 Å². The number of hydrogen-bond acceptors (Lipinski definition) is 2. The van der Waals surface area contributed by atoms with E-state index in [0.717, 1.165) is 32.6 Å². The van der Waals surface area contributed by atoms with Gasteiger partial charge < -0.3 is 10.2 Å². The van der Waals surface area contributed by atoms with Gasteiger partial charge in [-0.15, -0.1) is 11.6 Å². The van der Waals surface area contributed by atoms with Gasteiger partial charge in [-0.05, 0) is 24.1 Å². The predicted octanol–water partition coefficient (Wildman–Crippen LogP) is 2.74. The number of nitrogens with zero attached hydrogens (tertiary/aromatic N) is 1. The van der Waals surface area contributed by atoms with Crippen molar-refractivity contribution in [2.24, 2.45) is 0 Å². The second kappa shape index (κ2) is 6.67. The van der Waals surface area contributed by atoms with E-state index in [4.69, 9.17) is 11.6 Å². The molecule has 0 radical (unpaired) electrons. The molecule has 0 saturated carbocycles. The number of hydrogen-bond donors (Lipinski definition) is 1. The maximum Gasteiger partial charge on any atom is 0.0367 e. The first kappa shape index (κ1) is 12.5. The first-order valence-electron chi connectivity index (χ1n) is 6.18. The van der Waals surface area contributed by atoms with E-state index in [0.29, 0.717) is 5.88 Å². The summed E-state index contributed by atoms with van der Waals surface area (Å²) < 4.78 is 0. The minimum Gasteiger partial charge on any atom is -0.369 e. The van der Waals surface area contributed by atoms with Crippen LogP contribution in [-0.4, -0.2) is 32.1 Å². The van der Waals surface area contributed by atoms with E-state index in [1.165, 1.54) is 11.3 Å². The molecule has 1 aliphatic rings. The van der Waals surface area contributed by atoms with Crippen LogP contribution in [0.4, 0.5) is 5.69 Å². The van der Waals surface area contributed by atoms with Crippen molar-refractivity contribution in [2.75, 3.05) is 37.0 Å². The van der Waals surface area contributed by atoms with Gasteiger partial charge in [0.25, 0.3) is 0 Å². The molecule has 17 heavy (non-hydrogen) atoms. The van der Waals surface area contributed by atoms with Crippen molar-refractivity contribution in [3.63, 3.8) is 0 Å². The Balaban J connectivity index is 1.97. The van der Waals surface area contributed by atoms with Crippen molar-refractivity contribution in [3.05, 3.63) is 35.9 Å². The molecule has 1 saturated heterocycles. The normalized spacial score (nSPS) is 16.6. The van der Waals surface area contributed by atoms with Gasteiger partial charge in [0.1, 0.15) is 0 Å². The Kier molecular flexibility index (Phi) is 4.89. The van der Waals surface area contributed by atoms with Crippen molar-refractivity contribution in [2.45, 2.75) is 6.42 Å². The molecule has 0 spiro atoms. The number of alkyl halides is 1. The van der Waals surface area contributed by atoms with Crippen LogP contribution in [-0.2, 0) is 0 Å². The third-order valence-electron chi connectivity index (χ3n) is 2.96. The average molecular weight is 251 g/mol. The Labute approximate surface area is 108 Å². The Bertz CT molecular complexity index is 353. The van der Waals surface area contributed by atoms with E-state index in [1.807, 2.05) is 0 Å². The van der Waals surface area contributed by atoms with Crippen molar-refractivity contribution in [3.8, 4) is 0 Å². The van der Waals surface area contributed by atoms with Gasteiger partial charge in [0.15, 0.2) is 0 Å². The number of allylic oxidation sites excluding steroid dienone is 1. The summed E-state index contributed by atoms with van der Waals surface area (Å²) in [6.45, 7) is 4.36. The highest BCUT2D eigenvalue weighted by Gasteiger charge is 2.09. The smallest absolute Gasteiger partial charge is 0.0367 e. The molecule has 0 aliphatic carbocycles. The lowest BCUT2D eigenvalue weighted by atomic mass is 10.1. The largest absolute Gasteiger partial charge is 0.369 e. The lowest BCUT2D eigenvalue weighted by Gasteiger charge is -2.29. The maximum absolute atomic E-state index is 5.63. The van der Waals surface area contributed by atoms with E-state index in [9.17, 15) is 0 Å². The maximum atomic E-state index is 5.63. The van der Waals surface area contributed by atoms with Crippen LogP contribution in [0.25, 0.3) is 6.08 Å². The van der Waals surface area contributed by atoms with Crippen LogP contribution in [0.5, 0.6) is 0 Å². The van der Waals surface area contributed by atoms with Crippen LogP contribution in [0, 0.1) is 0 Å². The summed E-state index contributed by atoms with van der Waals surface area (Å²) in [5.74, 6) is 0.690. The van der Waals surface area contributed by atoms with Crippen LogP contribution < -0.4 is 10.2 Å². The Morgan fingerprint density at radius 1 is 1.18 bits per heavy atom. The molecule has 1 aromatic rings. The summed E-state index contributed by atoms with van der Waals surface area (Å²) in [6.07, 6.45) is 5.18. The van der Waals surface area contributed by atoms with Gasteiger partial charge in [0.05, 0.1) is 0 Å². The third kappa shape index (κ3) is 3.76. The summed E-state index contributed by atoms with van der Waals surface area (Å²) in [5.41, 5.74) is 2.56. The quantitative estimate of drug-likeness (QED) is 0.827. The molecule has 2 rings (SSSR count). The second-order valence-corrected chi connectivity index (χ2v) is 4.59. The van der Waals surface area contributed by atoms with Gasteiger partial charge in [-0.25, -0.2) is 0 Å². The molecule has 0 unspecified atom stereocenters. The van der Waals surface area contributed by atoms with Crippen LogP contribution in [0.1, 0.15) is 12.0 Å². The monoisotopic (exact) mass is 250 g/mol. The molecule has 1 N–H and O–H groups in total. The number of piperazine rings is 1. The number of anilines is 1. The standard InChI is InChI=1S/C14H19ClN2/c15-8-2-1-3-13-4-6-14(7-5-13)17-11-9-16-10-12-17/h1,3-7,16H,2,8-12H2. The first-order chi connectivity index (χ1) is 8.40. The number of halogens is 1. The summed E-state index contributed by atoms with van der Waals surface area (Å²) in [6, 6.07) is 8.74. The molecular formula is C14H19ClN2. The lowest BCUT2D eigenvalue weighted by Crippen LogP contribution is -2.43. The minimum atomic E-state index is 0.690. The van der Waals surface area contributed by atoms with E-state index >= 15 is 0 Å². The molecule has 1 heterocycles. The van der Waals surface area contributed by atoms with Gasteiger partial charge in [-0.2, -0.15) is 0 Å². The second-order valence-electron chi connectivity index (χ2n) is 4.21. The fourth-order valence-electron chi connectivity index (χ4n) is 2.00. The SMILES string of the molecule is ClCCC=Cc1ccc(N2CCNCC2)cc1. The van der Waals surface area contributed by atoms with Crippen LogP contribution in [0.2, 0.25) is 0 Å². The van der Waals surface area contributed by atoms with E-state index < -0.39 is 0 Å². The molecule has 0 atom stereocenters. The summed E-state index contributed by atoms with van der Waals surface area (Å²) in [4.78, 5) is 2.42. The summed E-state index contributed by atoms with van der Waals surface area (Å²) in [7, 11) is 0. The zero-order valence-electron chi connectivity index (χ0n) is 10.0. The molecule has 3 heteroatoms. The number of rotatable bonds is 4. The topological polar surface area (TPSA) is 15.3 Å². The molecule has 0 amide bonds. The zero-order chi connectivity index (χ0) is 11.9. The third-order valence-corrected chi connectivity index (χ3v) is 3.18. The van der Waals surface area contributed by atoms with Gasteiger partial charge in [0, 0.05) is 37.7 Å². The number of nitrogens with one attached hydrogen (secondary N) is 1. The lowest BCUT2D eigenvalue weighted by molar-refractivity contribution is 0.589. The average Bonchev–Trinajstić information content (AvgIpc) is 2.41.